The summed E-state index contributed by atoms with van der Waals surface area (Å²) in [6.45, 7) is 26.3. The van der Waals surface area contributed by atoms with Gasteiger partial charge in [0.1, 0.15) is 44.5 Å². The number of aryl methyl sites for hydroxylation is 4. The van der Waals surface area contributed by atoms with Crippen LogP contribution in [0.2, 0.25) is 0 Å². The number of nitrogens with one attached hydrogen (secondary N) is 5. The topological polar surface area (TPSA) is 407 Å². The van der Waals surface area contributed by atoms with E-state index in [0.717, 1.165) is 88.7 Å². The molecule has 0 spiro atoms. The Kier molecular flexibility index (Phi) is 29.7. The lowest BCUT2D eigenvalue weighted by Gasteiger charge is -2.23. The van der Waals surface area contributed by atoms with Gasteiger partial charge in [-0.3, -0.25) is 19.9 Å². The van der Waals surface area contributed by atoms with Gasteiger partial charge in [-0.05, 0) is 310 Å². The Morgan fingerprint density at radius 2 is 0.689 bits per heavy atom. The molecule has 36 heteroatoms. The van der Waals surface area contributed by atoms with Crippen molar-refractivity contribution in [2.24, 2.45) is 5.73 Å². The van der Waals surface area contributed by atoms with Gasteiger partial charge in [-0.25, -0.2) is 57.4 Å². The predicted octanol–water partition coefficient (Wildman–Crippen LogP) is 20.8. The van der Waals surface area contributed by atoms with Crippen LogP contribution in [0.25, 0.3) is 106 Å². The second-order valence-corrected chi connectivity index (χ2v) is 34.0. The molecule has 668 valence electrons. The Morgan fingerprint density at radius 1 is 0.356 bits per heavy atom. The summed E-state index contributed by atoms with van der Waals surface area (Å²) in [6, 6.07) is 57.1. The van der Waals surface area contributed by atoms with E-state index >= 15 is 0 Å². The van der Waals surface area contributed by atoms with Crippen molar-refractivity contribution in [3.8, 4) is 94.5 Å². The number of fused-ring (bicyclic) bond motifs is 3. The van der Waals surface area contributed by atoms with E-state index in [-0.39, 0.29) is 58.3 Å². The summed E-state index contributed by atoms with van der Waals surface area (Å²) in [5.41, 5.74) is 35.5. The second kappa shape index (κ2) is 41.7. The molecular weight excluding hydrogens is 1810 g/mol. The molecule has 132 heavy (non-hydrogen) atoms. The summed E-state index contributed by atoms with van der Waals surface area (Å²) >= 11 is 5.65. The average Bonchev–Trinajstić information content (AvgIpc) is 1.51. The number of nitrogens with zero attached hydrogens (tertiary/aromatic N) is 22. The zero-order valence-electron chi connectivity index (χ0n) is 74.1. The van der Waals surface area contributed by atoms with E-state index in [1.807, 2.05) is 193 Å². The molecule has 0 aliphatic heterocycles. The molecule has 4 aromatic carbocycles. The van der Waals surface area contributed by atoms with Gasteiger partial charge in [-0.15, -0.1) is 15.3 Å². The van der Waals surface area contributed by atoms with Crippen LogP contribution in [0.1, 0.15) is 90.8 Å². The molecular formula is C96H92Br2F4N30. The first-order valence-corrected chi connectivity index (χ1v) is 42.8. The van der Waals surface area contributed by atoms with Crippen molar-refractivity contribution in [2.75, 3.05) is 38.1 Å². The first-order chi connectivity index (χ1) is 63.1. The van der Waals surface area contributed by atoms with Crippen molar-refractivity contribution < 1.29 is 17.6 Å². The smallest absolute Gasteiger partial charge is 0.248 e. The number of aromatic nitrogens is 21. The third-order valence-electron chi connectivity index (χ3n) is 18.8. The second-order valence-electron chi connectivity index (χ2n) is 32.8. The minimum absolute atomic E-state index is 0.145. The highest BCUT2D eigenvalue weighted by atomic mass is 79.9. The lowest BCUT2D eigenvalue weighted by molar-refractivity contribution is 0.620. The molecule has 11 N–H and O–H groups in total. The number of nitrogens with two attached hydrogens (primary N) is 3. The summed E-state index contributed by atoms with van der Waals surface area (Å²) in [6.07, 6.45) is 12.1. The van der Waals surface area contributed by atoms with Crippen LogP contribution in [0.3, 0.4) is 0 Å². The van der Waals surface area contributed by atoms with Crippen molar-refractivity contribution in [3.05, 3.63) is 300 Å². The maximum atomic E-state index is 13.8. The standard InChI is InChI=1S/C26H25FN8.C22H17FN8.C21H22FN7.C21H24FN5.C5H4BrN.CBrN/c1-16-15-18(12-14-28-16)21-22(17-8-10-19(27)11-9-17)31-25(33-26(2,3)4)35-23(21)32-24(34-35)30-20-7-5-6-13-29-20;1-13-12-15(9-11-25-13)18-19(14-5-7-16(23)8-6-14)28-21(24)31-20(18)29-22(30-31)27-17-4-2-3-10-26-17;1-12-11-14(9-10-24-12)16-17(13-5-7-15(22)8-6-13)25-20(27-21(2,3)4)29-18(16)26-19(23)28-29;1-13-11-15(9-10-24-13)18-17(12-23)25-20(27-21(2,3)4)26-19(18)14-5-7-16(22)8-6-14;6-5-3-1-2-4-7-5;2-1-3/h5-15H,1-4H3,(H,31,33)(H,29,30,34);2-12H,1H3,(H2,24,28)(H,26,27,30);5-11H,1-4H3,(H2,23,28)(H,25,27);5-11H,12,23H2,1-4H3,(H,25,26,27);1-4H;. The molecule has 0 bridgehead atoms. The molecule has 0 aliphatic rings. The summed E-state index contributed by atoms with van der Waals surface area (Å²) in [7, 11) is 0. The maximum absolute atomic E-state index is 13.8. The summed E-state index contributed by atoms with van der Waals surface area (Å²) in [5.74, 6) is 2.52. The summed E-state index contributed by atoms with van der Waals surface area (Å²) < 4.78 is 60.0. The Morgan fingerprint density at radius 3 is 1.02 bits per heavy atom. The van der Waals surface area contributed by atoms with E-state index < -0.39 is 0 Å². The van der Waals surface area contributed by atoms with E-state index in [1.54, 1.807) is 106 Å². The van der Waals surface area contributed by atoms with Gasteiger partial charge < -0.3 is 43.8 Å². The van der Waals surface area contributed by atoms with Gasteiger partial charge in [0.2, 0.25) is 41.6 Å². The molecule has 0 unspecified atom stereocenters. The number of benzene rings is 4. The van der Waals surface area contributed by atoms with E-state index in [2.05, 4.69) is 123 Å². The fourth-order valence-electron chi connectivity index (χ4n) is 13.4. The highest BCUT2D eigenvalue weighted by Crippen LogP contribution is 2.42. The van der Waals surface area contributed by atoms with Gasteiger partial charge in [-0.2, -0.15) is 33.8 Å². The highest BCUT2D eigenvalue weighted by Gasteiger charge is 2.28. The van der Waals surface area contributed by atoms with E-state index in [1.165, 1.54) is 53.0 Å². The number of pyridine rings is 7. The largest absolute Gasteiger partial charge is 0.368 e. The number of nitrogen functional groups attached to an aromatic ring is 2. The third kappa shape index (κ3) is 24.4. The van der Waals surface area contributed by atoms with Gasteiger partial charge in [0, 0.05) is 133 Å². The molecule has 30 nitrogen and oxygen atoms in total. The minimum atomic E-state index is -0.330. The summed E-state index contributed by atoms with van der Waals surface area (Å²) in [5, 5.41) is 37.1. The van der Waals surface area contributed by atoms with Crippen molar-refractivity contribution in [3.63, 3.8) is 0 Å². The molecule has 14 heterocycles. The molecule has 0 aliphatic carbocycles. The van der Waals surface area contributed by atoms with Gasteiger partial charge in [0.15, 0.2) is 16.9 Å². The third-order valence-corrected chi connectivity index (χ3v) is 19.3. The zero-order valence-corrected chi connectivity index (χ0v) is 77.3. The van der Waals surface area contributed by atoms with Crippen LogP contribution < -0.4 is 43.8 Å². The molecule has 0 atom stereocenters. The monoisotopic (exact) mass is 1900 g/mol. The quantitative estimate of drug-likeness (QED) is 0.0329. The zero-order chi connectivity index (χ0) is 94.1. The van der Waals surface area contributed by atoms with Crippen LogP contribution in [-0.2, 0) is 6.54 Å². The van der Waals surface area contributed by atoms with Crippen molar-refractivity contribution in [1.82, 2.24) is 104 Å². The predicted molar refractivity (Wildman–Crippen MR) is 516 cm³/mol. The average molecular weight is 1900 g/mol. The molecule has 14 aromatic heterocycles. The van der Waals surface area contributed by atoms with Crippen LogP contribution in [-0.4, -0.2) is 120 Å². The Labute approximate surface area is 775 Å². The number of hydrogen-bond donors (Lipinski definition) is 8. The molecule has 0 amide bonds. The van der Waals surface area contributed by atoms with Crippen molar-refractivity contribution in [2.45, 2.75) is 113 Å². The fraction of sp³-hybridized carbons (Fsp3) is 0.177. The molecule has 0 fully saturated rings. The van der Waals surface area contributed by atoms with Crippen molar-refractivity contribution >= 4 is 102 Å². The number of nitriles is 1. The van der Waals surface area contributed by atoms with E-state index in [0.29, 0.717) is 92.2 Å². The number of hydrogen-bond acceptors (Lipinski definition) is 27. The SMILES string of the molecule is Brc1ccccn1.Cc1cc(-c2c(-c3ccc(F)cc3)nc(N)n3nc(Nc4ccccn4)nc23)ccn1.Cc1cc(-c2c(-c3ccc(F)cc3)nc(NC(C)(C)C)n3nc(N)nc23)ccn1.Cc1cc(-c2c(-c3ccc(F)cc3)nc(NC(C)(C)C)n3nc(Nc4ccccn4)nc23)ccn1.Cc1cc(-c2c(CN)nc(NC(C)(C)C)nc2-c2ccc(F)cc2)ccn1.N#CBr. The lowest BCUT2D eigenvalue weighted by Crippen LogP contribution is -2.28. The first-order valence-electron chi connectivity index (χ1n) is 41.2. The van der Waals surface area contributed by atoms with Gasteiger partial charge in [0.05, 0.1) is 45.2 Å². The van der Waals surface area contributed by atoms with Crippen LogP contribution in [0.5, 0.6) is 0 Å². The summed E-state index contributed by atoms with van der Waals surface area (Å²) in [4.78, 5) is 69.0. The molecule has 0 radical (unpaired) electrons. The maximum Gasteiger partial charge on any atom is 0.248 e. The normalized spacial score (nSPS) is 11.1. The van der Waals surface area contributed by atoms with E-state index in [9.17, 15) is 17.6 Å². The number of halogens is 6. The van der Waals surface area contributed by atoms with Gasteiger partial charge in [0.25, 0.3) is 0 Å². The lowest BCUT2D eigenvalue weighted by atomic mass is 9.97. The van der Waals surface area contributed by atoms with Crippen LogP contribution in [0, 0.1) is 61.2 Å². The van der Waals surface area contributed by atoms with Crippen molar-refractivity contribution in [1.29, 1.82) is 5.26 Å². The number of rotatable bonds is 16. The molecule has 18 rings (SSSR count). The van der Waals surface area contributed by atoms with Gasteiger partial charge in [-0.1, -0.05) is 18.2 Å². The van der Waals surface area contributed by atoms with Crippen LogP contribution >= 0.6 is 31.9 Å². The Hall–Kier alpha value is -15.6. The Bertz CT molecular complexity index is 7070. The molecule has 18 aromatic rings. The molecule has 0 saturated carbocycles. The van der Waals surface area contributed by atoms with Crippen LogP contribution in [0.4, 0.5) is 70.8 Å². The number of anilines is 9. The van der Waals surface area contributed by atoms with Gasteiger partial charge >= 0.3 is 0 Å². The van der Waals surface area contributed by atoms with E-state index in [4.69, 9.17) is 47.5 Å². The fourth-order valence-corrected chi connectivity index (χ4v) is 13.7. The minimum Gasteiger partial charge on any atom is -0.368 e. The highest BCUT2D eigenvalue weighted by molar-refractivity contribution is 9.12. The first kappa shape index (κ1) is 94.0. The van der Waals surface area contributed by atoms with Crippen LogP contribution in [0.15, 0.2) is 248 Å². The molecule has 0 saturated heterocycles. The Balaban J connectivity index is 0.000000145.